The van der Waals surface area contributed by atoms with Gasteiger partial charge in [-0.05, 0) is 23.8 Å². The van der Waals surface area contributed by atoms with Crippen LogP contribution in [0.2, 0.25) is 5.02 Å². The smallest absolute Gasteiger partial charge is 0.208 e. The molecule has 0 aliphatic carbocycles. The molecule has 1 heterocycles. The summed E-state index contributed by atoms with van der Waals surface area (Å²) in [7, 11) is 0. The first-order chi connectivity index (χ1) is 9.74. The van der Waals surface area contributed by atoms with E-state index in [9.17, 15) is 4.79 Å². The van der Waals surface area contributed by atoms with E-state index in [-0.39, 0.29) is 10.5 Å². The van der Waals surface area contributed by atoms with Crippen molar-refractivity contribution >= 4 is 22.5 Å². The van der Waals surface area contributed by atoms with Crippen molar-refractivity contribution in [3.63, 3.8) is 0 Å². The van der Waals surface area contributed by atoms with Crippen LogP contribution in [0.15, 0.2) is 59.5 Å². The van der Waals surface area contributed by atoms with Crippen molar-refractivity contribution in [2.75, 3.05) is 0 Å². The van der Waals surface area contributed by atoms with Crippen molar-refractivity contribution in [1.82, 2.24) is 4.98 Å². The predicted molar refractivity (Wildman–Crippen MR) is 80.4 cm³/mol. The molecule has 0 amide bonds. The first-order valence-corrected chi connectivity index (χ1v) is 6.59. The van der Waals surface area contributed by atoms with E-state index in [0.717, 1.165) is 11.1 Å². The Morgan fingerprint density at radius 1 is 1.10 bits per heavy atom. The SMILES string of the molecule is O=c1c(Cl)c[nH]c2ccc(OCc3ccccc3)cc12. The number of rotatable bonds is 3. The van der Waals surface area contributed by atoms with E-state index in [1.807, 2.05) is 42.5 Å². The Kier molecular flexibility index (Phi) is 3.44. The number of ether oxygens (including phenoxy) is 1. The number of benzene rings is 2. The van der Waals surface area contributed by atoms with E-state index in [1.165, 1.54) is 6.20 Å². The van der Waals surface area contributed by atoms with Crippen LogP contribution in [0.1, 0.15) is 5.56 Å². The lowest BCUT2D eigenvalue weighted by Crippen LogP contribution is -2.03. The van der Waals surface area contributed by atoms with Crippen molar-refractivity contribution in [3.8, 4) is 5.75 Å². The number of aromatic nitrogens is 1. The molecule has 1 N–H and O–H groups in total. The molecule has 2 aromatic carbocycles. The highest BCUT2D eigenvalue weighted by Crippen LogP contribution is 2.19. The number of aromatic amines is 1. The number of nitrogens with one attached hydrogen (secondary N) is 1. The van der Waals surface area contributed by atoms with Crippen molar-refractivity contribution in [3.05, 3.63) is 75.5 Å². The zero-order valence-corrected chi connectivity index (χ0v) is 11.4. The lowest BCUT2D eigenvalue weighted by Gasteiger charge is -2.07. The van der Waals surface area contributed by atoms with Gasteiger partial charge in [0.15, 0.2) is 0 Å². The average Bonchev–Trinajstić information content (AvgIpc) is 2.50. The molecule has 0 bridgehead atoms. The van der Waals surface area contributed by atoms with Crippen LogP contribution < -0.4 is 10.2 Å². The summed E-state index contributed by atoms with van der Waals surface area (Å²) < 4.78 is 5.70. The van der Waals surface area contributed by atoms with Crippen LogP contribution in [0, 0.1) is 0 Å². The van der Waals surface area contributed by atoms with E-state index in [1.54, 1.807) is 6.07 Å². The fourth-order valence-corrected chi connectivity index (χ4v) is 2.16. The topological polar surface area (TPSA) is 42.1 Å². The van der Waals surface area contributed by atoms with Crippen LogP contribution in [-0.4, -0.2) is 4.98 Å². The minimum absolute atomic E-state index is 0.178. The van der Waals surface area contributed by atoms with Gasteiger partial charge in [-0.1, -0.05) is 41.9 Å². The van der Waals surface area contributed by atoms with Crippen molar-refractivity contribution in [2.24, 2.45) is 0 Å². The van der Waals surface area contributed by atoms with Crippen LogP contribution >= 0.6 is 11.6 Å². The summed E-state index contributed by atoms with van der Waals surface area (Å²) in [5.74, 6) is 0.647. The lowest BCUT2D eigenvalue weighted by molar-refractivity contribution is 0.306. The van der Waals surface area contributed by atoms with Gasteiger partial charge in [0.25, 0.3) is 0 Å². The fourth-order valence-electron chi connectivity index (χ4n) is 2.00. The number of H-pyrrole nitrogens is 1. The van der Waals surface area contributed by atoms with Crippen LogP contribution in [0.25, 0.3) is 10.9 Å². The first kappa shape index (κ1) is 12.8. The van der Waals surface area contributed by atoms with Gasteiger partial charge in [0.1, 0.15) is 17.4 Å². The zero-order chi connectivity index (χ0) is 13.9. The fraction of sp³-hybridized carbons (Fsp3) is 0.0625. The van der Waals surface area contributed by atoms with Crippen molar-refractivity contribution < 1.29 is 4.74 Å². The average molecular weight is 286 g/mol. The Bertz CT molecular complexity index is 796. The number of fused-ring (bicyclic) bond motifs is 1. The molecular formula is C16H12ClNO2. The molecule has 20 heavy (non-hydrogen) atoms. The standard InChI is InChI=1S/C16H12ClNO2/c17-14-9-18-15-7-6-12(8-13(15)16(14)19)20-10-11-4-2-1-3-5-11/h1-9H,10H2,(H,18,19). The maximum absolute atomic E-state index is 11.9. The van der Waals surface area contributed by atoms with Crippen LogP contribution in [0.3, 0.4) is 0 Å². The molecule has 0 atom stereocenters. The Morgan fingerprint density at radius 3 is 2.70 bits per heavy atom. The second-order valence-corrected chi connectivity index (χ2v) is 4.85. The molecule has 0 saturated carbocycles. The second kappa shape index (κ2) is 5.39. The third kappa shape index (κ3) is 2.53. The van der Waals surface area contributed by atoms with Crippen LogP contribution in [0.5, 0.6) is 5.75 Å². The molecule has 0 fully saturated rings. The summed E-state index contributed by atoms with van der Waals surface area (Å²) in [5.41, 5.74) is 1.63. The lowest BCUT2D eigenvalue weighted by atomic mass is 10.2. The first-order valence-electron chi connectivity index (χ1n) is 6.22. The molecule has 1 aromatic heterocycles. The van der Waals surface area contributed by atoms with Gasteiger partial charge in [0.05, 0.1) is 5.39 Å². The number of hydrogen-bond acceptors (Lipinski definition) is 2. The predicted octanol–water partition coefficient (Wildman–Crippen LogP) is 3.76. The summed E-state index contributed by atoms with van der Waals surface area (Å²) in [6, 6.07) is 15.2. The van der Waals surface area contributed by atoms with E-state index in [4.69, 9.17) is 16.3 Å². The van der Waals surface area contributed by atoms with E-state index in [2.05, 4.69) is 4.98 Å². The van der Waals surface area contributed by atoms with Gasteiger partial charge >= 0.3 is 0 Å². The zero-order valence-electron chi connectivity index (χ0n) is 10.6. The third-order valence-corrected chi connectivity index (χ3v) is 3.34. The summed E-state index contributed by atoms with van der Waals surface area (Å²) >= 11 is 5.83. The summed E-state index contributed by atoms with van der Waals surface area (Å²) in [6.07, 6.45) is 1.50. The second-order valence-electron chi connectivity index (χ2n) is 4.45. The Balaban J connectivity index is 1.89. The molecular weight excluding hydrogens is 274 g/mol. The number of halogens is 1. The highest BCUT2D eigenvalue weighted by molar-refractivity contribution is 6.31. The van der Waals surface area contributed by atoms with Gasteiger partial charge in [-0.2, -0.15) is 0 Å². The highest BCUT2D eigenvalue weighted by atomic mass is 35.5. The Morgan fingerprint density at radius 2 is 1.90 bits per heavy atom. The van der Waals surface area contributed by atoms with E-state index < -0.39 is 0 Å². The molecule has 100 valence electrons. The van der Waals surface area contributed by atoms with Gasteiger partial charge in [-0.3, -0.25) is 4.79 Å². The van der Waals surface area contributed by atoms with Crippen molar-refractivity contribution in [1.29, 1.82) is 0 Å². The molecule has 0 aliphatic rings. The Hall–Kier alpha value is -2.26. The quantitative estimate of drug-likeness (QED) is 0.796. The largest absolute Gasteiger partial charge is 0.489 e. The molecule has 0 aliphatic heterocycles. The molecule has 0 saturated heterocycles. The summed E-state index contributed by atoms with van der Waals surface area (Å²) in [6.45, 7) is 0.463. The summed E-state index contributed by atoms with van der Waals surface area (Å²) in [4.78, 5) is 14.9. The molecule has 0 radical (unpaired) electrons. The molecule has 0 unspecified atom stereocenters. The minimum Gasteiger partial charge on any atom is -0.489 e. The maximum Gasteiger partial charge on any atom is 0.208 e. The van der Waals surface area contributed by atoms with Gasteiger partial charge < -0.3 is 9.72 Å². The van der Waals surface area contributed by atoms with Gasteiger partial charge in [-0.15, -0.1) is 0 Å². The molecule has 3 nitrogen and oxygen atoms in total. The Labute approximate surface area is 120 Å². The van der Waals surface area contributed by atoms with E-state index in [0.29, 0.717) is 17.7 Å². The van der Waals surface area contributed by atoms with Crippen molar-refractivity contribution in [2.45, 2.75) is 6.61 Å². The van der Waals surface area contributed by atoms with E-state index >= 15 is 0 Å². The van der Waals surface area contributed by atoms with Crippen LogP contribution in [-0.2, 0) is 6.61 Å². The molecule has 3 rings (SSSR count). The summed E-state index contributed by atoms with van der Waals surface area (Å²) in [5, 5.41) is 0.709. The monoisotopic (exact) mass is 285 g/mol. The number of hydrogen-bond donors (Lipinski definition) is 1. The highest BCUT2D eigenvalue weighted by Gasteiger charge is 2.05. The van der Waals surface area contributed by atoms with Crippen LogP contribution in [0.4, 0.5) is 0 Å². The molecule has 0 spiro atoms. The maximum atomic E-state index is 11.9. The minimum atomic E-state index is -0.189. The normalized spacial score (nSPS) is 10.7. The van der Waals surface area contributed by atoms with Gasteiger partial charge in [-0.25, -0.2) is 0 Å². The molecule has 3 aromatic rings. The number of pyridine rings is 1. The van der Waals surface area contributed by atoms with Gasteiger partial charge in [0, 0.05) is 11.7 Å². The van der Waals surface area contributed by atoms with Gasteiger partial charge in [0.2, 0.25) is 5.43 Å². The molecule has 4 heteroatoms. The third-order valence-electron chi connectivity index (χ3n) is 3.06.